The Balaban J connectivity index is 1.05. The van der Waals surface area contributed by atoms with Crippen LogP contribution in [-0.4, -0.2) is 29.1 Å². The van der Waals surface area contributed by atoms with Crippen molar-refractivity contribution in [2.75, 3.05) is 0 Å². The molecule has 57 heavy (non-hydrogen) atoms. The van der Waals surface area contributed by atoms with Crippen molar-refractivity contribution < 1.29 is 4.42 Å². The lowest BCUT2D eigenvalue weighted by Crippen LogP contribution is -2.06. The Kier molecular flexibility index (Phi) is 6.79. The quantitative estimate of drug-likeness (QED) is 0.176. The standard InChI is InChI=1S/C50H30N6O/c1-3-12-31(13-4-1)48-52-49(32-14-5-2-6-15-32)54-50(53-48)56-42-19-10-7-16-36(42)38-24-21-34(29-44(38)56)33-22-25-43-39(28-33)37-17-8-9-18-41(37)55(43)35-23-26-45-40(30-35)47-46(57-45)20-11-27-51-47/h1-30H. The fourth-order valence-corrected chi connectivity index (χ4v) is 8.42. The number of pyridine rings is 1. The lowest BCUT2D eigenvalue weighted by molar-refractivity contribution is 0.668. The second kappa shape index (κ2) is 12.3. The third-order valence-corrected chi connectivity index (χ3v) is 11.0. The van der Waals surface area contributed by atoms with Gasteiger partial charge in [-0.25, -0.2) is 4.98 Å². The van der Waals surface area contributed by atoms with Gasteiger partial charge in [-0.3, -0.25) is 9.55 Å². The van der Waals surface area contributed by atoms with Crippen LogP contribution in [0, 0.1) is 0 Å². The number of para-hydroxylation sites is 2. The second-order valence-electron chi connectivity index (χ2n) is 14.3. The molecule has 0 aliphatic rings. The van der Waals surface area contributed by atoms with E-state index in [2.05, 4.69) is 111 Å². The summed E-state index contributed by atoms with van der Waals surface area (Å²) in [6.45, 7) is 0. The van der Waals surface area contributed by atoms with Crippen LogP contribution in [0.25, 0.3) is 111 Å². The molecule has 0 spiro atoms. The smallest absolute Gasteiger partial charge is 0.238 e. The summed E-state index contributed by atoms with van der Waals surface area (Å²) < 4.78 is 10.6. The van der Waals surface area contributed by atoms with E-state index in [1.54, 1.807) is 0 Å². The molecular weight excluding hydrogens is 701 g/mol. The zero-order chi connectivity index (χ0) is 37.5. The lowest BCUT2D eigenvalue weighted by atomic mass is 10.0. The van der Waals surface area contributed by atoms with Gasteiger partial charge in [0.1, 0.15) is 11.1 Å². The van der Waals surface area contributed by atoms with E-state index in [-0.39, 0.29) is 0 Å². The maximum absolute atomic E-state index is 6.12. The molecule has 12 aromatic rings. The molecule has 0 aliphatic carbocycles. The number of aromatic nitrogens is 6. The van der Waals surface area contributed by atoms with E-state index in [0.717, 1.165) is 82.8 Å². The molecule has 0 aliphatic heterocycles. The first kappa shape index (κ1) is 31.5. The van der Waals surface area contributed by atoms with E-state index in [0.29, 0.717) is 17.6 Å². The number of hydrogen-bond donors (Lipinski definition) is 0. The summed E-state index contributed by atoms with van der Waals surface area (Å²) >= 11 is 0. The Morgan fingerprint density at radius 1 is 0.368 bits per heavy atom. The van der Waals surface area contributed by atoms with Crippen molar-refractivity contribution in [3.63, 3.8) is 0 Å². The average Bonchev–Trinajstić information content (AvgIpc) is 3.94. The van der Waals surface area contributed by atoms with Gasteiger partial charge in [0.2, 0.25) is 5.95 Å². The number of benzene rings is 7. The van der Waals surface area contributed by atoms with Crippen molar-refractivity contribution >= 4 is 65.7 Å². The van der Waals surface area contributed by atoms with Crippen LogP contribution in [0.2, 0.25) is 0 Å². The van der Waals surface area contributed by atoms with Gasteiger partial charge >= 0.3 is 0 Å². The fourth-order valence-electron chi connectivity index (χ4n) is 8.42. The molecule has 0 bridgehead atoms. The van der Waals surface area contributed by atoms with Gasteiger partial charge in [-0.1, -0.05) is 115 Å². The summed E-state index contributed by atoms with van der Waals surface area (Å²) in [7, 11) is 0. The van der Waals surface area contributed by atoms with Crippen molar-refractivity contribution in [3.05, 3.63) is 182 Å². The van der Waals surface area contributed by atoms with Crippen LogP contribution in [0.5, 0.6) is 0 Å². The topological polar surface area (TPSA) is 74.6 Å². The molecule has 12 rings (SSSR count). The Morgan fingerprint density at radius 2 is 0.982 bits per heavy atom. The minimum atomic E-state index is 0.571. The van der Waals surface area contributed by atoms with Crippen LogP contribution in [0.1, 0.15) is 0 Å². The Labute approximate surface area is 325 Å². The molecule has 5 aromatic heterocycles. The first-order valence-electron chi connectivity index (χ1n) is 19.0. The van der Waals surface area contributed by atoms with Crippen LogP contribution in [0.3, 0.4) is 0 Å². The van der Waals surface area contributed by atoms with E-state index in [1.165, 1.54) is 10.8 Å². The molecule has 0 saturated carbocycles. The normalized spacial score (nSPS) is 11.9. The summed E-state index contributed by atoms with van der Waals surface area (Å²) in [5.41, 5.74) is 11.9. The van der Waals surface area contributed by atoms with Gasteiger partial charge in [-0.15, -0.1) is 0 Å². The molecular formula is C50H30N6O. The maximum Gasteiger partial charge on any atom is 0.238 e. The molecule has 0 radical (unpaired) electrons. The van der Waals surface area contributed by atoms with Crippen molar-refractivity contribution in [1.82, 2.24) is 29.1 Å². The van der Waals surface area contributed by atoms with Gasteiger partial charge in [0.25, 0.3) is 0 Å². The highest BCUT2D eigenvalue weighted by atomic mass is 16.3. The van der Waals surface area contributed by atoms with Crippen molar-refractivity contribution in [2.45, 2.75) is 0 Å². The van der Waals surface area contributed by atoms with E-state index in [1.807, 2.05) is 85.1 Å². The summed E-state index contributed by atoms with van der Waals surface area (Å²) in [4.78, 5) is 19.9. The Bertz CT molecular complexity index is 3470. The molecule has 0 saturated heterocycles. The lowest BCUT2D eigenvalue weighted by Gasteiger charge is -2.11. The molecule has 7 nitrogen and oxygen atoms in total. The van der Waals surface area contributed by atoms with Crippen molar-refractivity contribution in [1.29, 1.82) is 0 Å². The number of fused-ring (bicyclic) bond motifs is 9. The Morgan fingerprint density at radius 3 is 1.74 bits per heavy atom. The fraction of sp³-hybridized carbons (Fsp3) is 0. The first-order chi connectivity index (χ1) is 28.2. The Hall–Kier alpha value is -7.90. The largest absolute Gasteiger partial charge is 0.454 e. The van der Waals surface area contributed by atoms with E-state index in [9.17, 15) is 0 Å². The molecule has 0 unspecified atom stereocenters. The molecule has 7 heteroatoms. The highest BCUT2D eigenvalue weighted by Crippen LogP contribution is 2.39. The third-order valence-electron chi connectivity index (χ3n) is 11.0. The predicted octanol–water partition coefficient (Wildman–Crippen LogP) is 12.4. The molecule has 0 fully saturated rings. The monoisotopic (exact) mass is 730 g/mol. The molecule has 7 aromatic carbocycles. The number of rotatable bonds is 5. The minimum Gasteiger partial charge on any atom is -0.454 e. The summed E-state index contributed by atoms with van der Waals surface area (Å²) in [6.07, 6.45) is 1.82. The maximum atomic E-state index is 6.12. The molecule has 5 heterocycles. The van der Waals surface area contributed by atoms with Crippen LogP contribution in [-0.2, 0) is 0 Å². The van der Waals surface area contributed by atoms with Crippen LogP contribution in [0.15, 0.2) is 187 Å². The highest BCUT2D eigenvalue weighted by Gasteiger charge is 2.20. The zero-order valence-corrected chi connectivity index (χ0v) is 30.4. The SMILES string of the molecule is c1ccc(-c2nc(-c3ccccc3)nc(-n3c4ccccc4c4ccc(-c5ccc6c(c5)c5ccccc5n6-c5ccc6oc7cccnc7c6c5)cc43)n2)cc1. The molecule has 0 atom stereocenters. The van der Waals surface area contributed by atoms with Gasteiger partial charge < -0.3 is 8.98 Å². The van der Waals surface area contributed by atoms with Crippen LogP contribution < -0.4 is 0 Å². The summed E-state index contributed by atoms with van der Waals surface area (Å²) in [6, 6.07) is 61.1. The van der Waals surface area contributed by atoms with Crippen molar-refractivity contribution in [3.8, 4) is 45.5 Å². The average molecular weight is 731 g/mol. The zero-order valence-electron chi connectivity index (χ0n) is 30.4. The van der Waals surface area contributed by atoms with Gasteiger partial charge in [-0.2, -0.15) is 9.97 Å². The van der Waals surface area contributed by atoms with Gasteiger partial charge in [0, 0.05) is 49.9 Å². The van der Waals surface area contributed by atoms with E-state index in [4.69, 9.17) is 19.4 Å². The van der Waals surface area contributed by atoms with E-state index < -0.39 is 0 Å². The predicted molar refractivity (Wildman–Crippen MR) is 230 cm³/mol. The van der Waals surface area contributed by atoms with Gasteiger partial charge in [-0.05, 0) is 71.8 Å². The summed E-state index contributed by atoms with van der Waals surface area (Å²) in [5.74, 6) is 1.82. The first-order valence-corrected chi connectivity index (χ1v) is 19.0. The van der Waals surface area contributed by atoms with E-state index >= 15 is 0 Å². The van der Waals surface area contributed by atoms with Gasteiger partial charge in [0.15, 0.2) is 17.2 Å². The van der Waals surface area contributed by atoms with Crippen LogP contribution in [0.4, 0.5) is 0 Å². The summed E-state index contributed by atoms with van der Waals surface area (Å²) in [5, 5.41) is 5.63. The molecule has 0 N–H and O–H groups in total. The van der Waals surface area contributed by atoms with Crippen molar-refractivity contribution in [2.24, 2.45) is 0 Å². The number of furan rings is 1. The minimum absolute atomic E-state index is 0.571. The second-order valence-corrected chi connectivity index (χ2v) is 14.3. The van der Waals surface area contributed by atoms with Crippen LogP contribution >= 0.6 is 0 Å². The van der Waals surface area contributed by atoms with Gasteiger partial charge in [0.05, 0.1) is 22.1 Å². The molecule has 266 valence electrons. The molecule has 0 amide bonds. The number of nitrogens with zero attached hydrogens (tertiary/aromatic N) is 6. The highest BCUT2D eigenvalue weighted by molar-refractivity contribution is 6.13. The third kappa shape index (κ3) is 4.92. The number of hydrogen-bond acceptors (Lipinski definition) is 5.